The summed E-state index contributed by atoms with van der Waals surface area (Å²) in [5.41, 5.74) is -1.78. The van der Waals surface area contributed by atoms with E-state index in [2.05, 4.69) is 0 Å². The summed E-state index contributed by atoms with van der Waals surface area (Å²) in [5.74, 6) is -2.17. The molecule has 6 atom stereocenters. The average molecular weight is 366 g/mol. The number of ether oxygens (including phenoxy) is 3. The van der Waals surface area contributed by atoms with Gasteiger partial charge >= 0.3 is 11.9 Å². The lowest BCUT2D eigenvalue weighted by Gasteiger charge is -2.40. The van der Waals surface area contributed by atoms with E-state index in [4.69, 9.17) is 19.3 Å². The van der Waals surface area contributed by atoms with Crippen molar-refractivity contribution in [3.63, 3.8) is 0 Å². The second kappa shape index (κ2) is 8.88. The molecule has 0 spiro atoms. The molecule has 0 amide bonds. The van der Waals surface area contributed by atoms with Crippen LogP contribution in [0.15, 0.2) is 0 Å². The zero-order valence-electron chi connectivity index (χ0n) is 14.4. The summed E-state index contributed by atoms with van der Waals surface area (Å²) in [6.07, 6.45) is -8.45. The highest BCUT2D eigenvalue weighted by molar-refractivity contribution is 5.73. The SMILES string of the molecule is CC(C)OC1OC(COC(=O)CC(C)(O)CC(=O)O)C(O)C(O)C1O. The van der Waals surface area contributed by atoms with Crippen LogP contribution in [0.2, 0.25) is 0 Å². The number of aliphatic hydroxyl groups is 4. The van der Waals surface area contributed by atoms with Gasteiger partial charge in [-0.05, 0) is 20.8 Å². The molecule has 0 saturated carbocycles. The number of hydrogen-bond acceptors (Lipinski definition) is 9. The van der Waals surface area contributed by atoms with Gasteiger partial charge in [0.15, 0.2) is 6.29 Å². The molecule has 10 nitrogen and oxygen atoms in total. The van der Waals surface area contributed by atoms with Gasteiger partial charge in [-0.2, -0.15) is 0 Å². The minimum atomic E-state index is -1.78. The molecule has 1 fully saturated rings. The highest BCUT2D eigenvalue weighted by Gasteiger charge is 2.45. The Morgan fingerprint density at radius 2 is 1.72 bits per heavy atom. The minimum absolute atomic E-state index is 0.323. The molecule has 0 bridgehead atoms. The molecule has 146 valence electrons. The second-order valence-corrected chi connectivity index (χ2v) is 6.63. The van der Waals surface area contributed by atoms with Gasteiger partial charge in [0.1, 0.15) is 31.0 Å². The fourth-order valence-corrected chi connectivity index (χ4v) is 2.36. The van der Waals surface area contributed by atoms with E-state index in [1.165, 1.54) is 6.92 Å². The zero-order chi connectivity index (χ0) is 19.4. The van der Waals surface area contributed by atoms with Gasteiger partial charge in [-0.1, -0.05) is 0 Å². The van der Waals surface area contributed by atoms with Gasteiger partial charge in [0.05, 0.1) is 24.5 Å². The molecular formula is C15H26O10. The van der Waals surface area contributed by atoms with Crippen LogP contribution < -0.4 is 0 Å². The van der Waals surface area contributed by atoms with Crippen LogP contribution in [0.4, 0.5) is 0 Å². The number of aliphatic carboxylic acids is 1. The number of rotatable bonds is 8. The third-order valence-corrected chi connectivity index (χ3v) is 3.54. The van der Waals surface area contributed by atoms with E-state index in [1.807, 2.05) is 0 Å². The van der Waals surface area contributed by atoms with Gasteiger partial charge in [-0.25, -0.2) is 0 Å². The Hall–Kier alpha value is -1.30. The zero-order valence-corrected chi connectivity index (χ0v) is 14.4. The van der Waals surface area contributed by atoms with Crippen molar-refractivity contribution >= 4 is 11.9 Å². The van der Waals surface area contributed by atoms with Gasteiger partial charge in [0, 0.05) is 0 Å². The minimum Gasteiger partial charge on any atom is -0.481 e. The first-order valence-corrected chi connectivity index (χ1v) is 7.88. The van der Waals surface area contributed by atoms with Gasteiger partial charge in [0.2, 0.25) is 0 Å². The smallest absolute Gasteiger partial charge is 0.308 e. The Morgan fingerprint density at radius 1 is 1.12 bits per heavy atom. The van der Waals surface area contributed by atoms with Gasteiger partial charge in [-0.3, -0.25) is 9.59 Å². The van der Waals surface area contributed by atoms with Crippen molar-refractivity contribution in [2.75, 3.05) is 6.61 Å². The molecule has 1 heterocycles. The van der Waals surface area contributed by atoms with Gasteiger partial charge in [-0.15, -0.1) is 0 Å². The van der Waals surface area contributed by atoms with E-state index in [0.717, 1.165) is 0 Å². The van der Waals surface area contributed by atoms with E-state index in [9.17, 15) is 30.0 Å². The Bertz CT molecular complexity index is 463. The van der Waals surface area contributed by atoms with E-state index in [-0.39, 0.29) is 6.10 Å². The van der Waals surface area contributed by atoms with Gasteiger partial charge < -0.3 is 39.7 Å². The molecule has 0 aromatic carbocycles. The number of carbonyl (C=O) groups excluding carboxylic acids is 1. The lowest BCUT2D eigenvalue weighted by atomic mass is 9.98. The number of carboxylic acids is 1. The topological polar surface area (TPSA) is 163 Å². The summed E-state index contributed by atoms with van der Waals surface area (Å²) < 4.78 is 15.5. The van der Waals surface area contributed by atoms with Crippen molar-refractivity contribution in [1.29, 1.82) is 0 Å². The van der Waals surface area contributed by atoms with Gasteiger partial charge in [0.25, 0.3) is 0 Å². The molecule has 0 aromatic rings. The van der Waals surface area contributed by atoms with Crippen LogP contribution in [0, 0.1) is 0 Å². The third kappa shape index (κ3) is 6.84. The molecule has 1 saturated heterocycles. The van der Waals surface area contributed by atoms with Crippen LogP contribution in [0.25, 0.3) is 0 Å². The monoisotopic (exact) mass is 366 g/mol. The van der Waals surface area contributed by atoms with E-state index < -0.39 is 67.7 Å². The molecule has 6 unspecified atom stereocenters. The molecule has 10 heteroatoms. The highest BCUT2D eigenvalue weighted by atomic mass is 16.7. The maximum Gasteiger partial charge on any atom is 0.308 e. The molecule has 1 aliphatic heterocycles. The maximum absolute atomic E-state index is 11.7. The number of aliphatic hydroxyl groups excluding tert-OH is 3. The van der Waals surface area contributed by atoms with Crippen molar-refractivity contribution in [3.05, 3.63) is 0 Å². The molecule has 25 heavy (non-hydrogen) atoms. The normalized spacial score (nSPS) is 32.2. The van der Waals surface area contributed by atoms with Crippen molar-refractivity contribution in [3.8, 4) is 0 Å². The average Bonchev–Trinajstić information content (AvgIpc) is 2.44. The number of esters is 1. The quantitative estimate of drug-likeness (QED) is 0.315. The van der Waals surface area contributed by atoms with Crippen molar-refractivity contribution in [1.82, 2.24) is 0 Å². The van der Waals surface area contributed by atoms with Crippen LogP contribution in [0.3, 0.4) is 0 Å². The standard InChI is InChI=1S/C15H26O10/c1-7(2)24-14-13(21)12(20)11(19)8(25-14)6-23-10(18)5-15(3,22)4-9(16)17/h7-8,11-14,19-22H,4-6H2,1-3H3,(H,16,17). The molecule has 1 rings (SSSR count). The largest absolute Gasteiger partial charge is 0.481 e. The first-order valence-electron chi connectivity index (χ1n) is 7.88. The highest BCUT2D eigenvalue weighted by Crippen LogP contribution is 2.24. The first kappa shape index (κ1) is 21.7. The predicted molar refractivity (Wildman–Crippen MR) is 81.4 cm³/mol. The summed E-state index contributed by atoms with van der Waals surface area (Å²) in [5, 5.41) is 48.1. The Morgan fingerprint density at radius 3 is 2.24 bits per heavy atom. The fraction of sp³-hybridized carbons (Fsp3) is 0.867. The second-order valence-electron chi connectivity index (χ2n) is 6.63. The van der Waals surface area contributed by atoms with Crippen LogP contribution in [0.1, 0.15) is 33.6 Å². The van der Waals surface area contributed by atoms with E-state index >= 15 is 0 Å². The Kier molecular flexibility index (Phi) is 7.72. The van der Waals surface area contributed by atoms with Crippen molar-refractivity contribution in [2.45, 2.75) is 76.0 Å². The summed E-state index contributed by atoms with van der Waals surface area (Å²) in [6.45, 7) is 4.09. The molecule has 5 N–H and O–H groups in total. The number of carbonyl (C=O) groups is 2. The summed E-state index contributed by atoms with van der Waals surface area (Å²) >= 11 is 0. The lowest BCUT2D eigenvalue weighted by Crippen LogP contribution is -2.59. The first-order chi connectivity index (χ1) is 11.4. The van der Waals surface area contributed by atoms with Crippen LogP contribution in [-0.2, 0) is 23.8 Å². The third-order valence-electron chi connectivity index (χ3n) is 3.54. The number of hydrogen-bond donors (Lipinski definition) is 5. The maximum atomic E-state index is 11.7. The summed E-state index contributed by atoms with van der Waals surface area (Å²) in [4.78, 5) is 22.3. The molecular weight excluding hydrogens is 340 g/mol. The molecule has 0 radical (unpaired) electrons. The van der Waals surface area contributed by atoms with Crippen LogP contribution in [-0.4, -0.2) is 86.5 Å². The van der Waals surface area contributed by atoms with Crippen molar-refractivity contribution < 1.29 is 49.3 Å². The fourth-order valence-electron chi connectivity index (χ4n) is 2.36. The summed E-state index contributed by atoms with van der Waals surface area (Å²) in [7, 11) is 0. The molecule has 0 aromatic heterocycles. The van der Waals surface area contributed by atoms with Crippen molar-refractivity contribution in [2.24, 2.45) is 0 Å². The predicted octanol–water partition coefficient (Wildman–Crippen LogP) is -1.62. The Balaban J connectivity index is 2.59. The van der Waals surface area contributed by atoms with E-state index in [1.54, 1.807) is 13.8 Å². The molecule has 1 aliphatic rings. The van der Waals surface area contributed by atoms with E-state index in [0.29, 0.717) is 0 Å². The number of carboxylic acid groups (broad SMARTS) is 1. The van der Waals surface area contributed by atoms with Crippen LogP contribution >= 0.6 is 0 Å². The van der Waals surface area contributed by atoms with Crippen LogP contribution in [0.5, 0.6) is 0 Å². The summed E-state index contributed by atoms with van der Waals surface area (Å²) in [6, 6.07) is 0. The lowest BCUT2D eigenvalue weighted by molar-refractivity contribution is -0.309. The molecule has 0 aliphatic carbocycles. The Labute approximate surface area is 144 Å².